The summed E-state index contributed by atoms with van der Waals surface area (Å²) in [5.41, 5.74) is 6.68. The fraction of sp³-hybridized carbons (Fsp3) is 0.231. The van der Waals surface area contributed by atoms with Crippen LogP contribution in [-0.2, 0) is 9.59 Å². The van der Waals surface area contributed by atoms with Crippen LogP contribution in [0.4, 0.5) is 5.69 Å². The molecule has 3 aromatic carbocycles. The van der Waals surface area contributed by atoms with Gasteiger partial charge in [0, 0.05) is 5.56 Å². The van der Waals surface area contributed by atoms with Gasteiger partial charge in [0.1, 0.15) is 6.04 Å². The molecule has 1 unspecified atom stereocenters. The van der Waals surface area contributed by atoms with Crippen LogP contribution in [0.1, 0.15) is 45.5 Å². The van der Waals surface area contributed by atoms with E-state index in [0.717, 1.165) is 10.8 Å². The van der Waals surface area contributed by atoms with Crippen molar-refractivity contribution in [1.82, 2.24) is 5.32 Å². The van der Waals surface area contributed by atoms with Crippen molar-refractivity contribution in [1.29, 1.82) is 0 Å². The second-order valence-corrected chi connectivity index (χ2v) is 8.04. The molecule has 8 nitrogen and oxygen atoms in total. The third-order valence-corrected chi connectivity index (χ3v) is 5.44. The van der Waals surface area contributed by atoms with Gasteiger partial charge >= 0.3 is 5.97 Å². The number of amides is 2. The number of nitrogens with one attached hydrogen (secondary N) is 2. The van der Waals surface area contributed by atoms with Gasteiger partial charge < -0.3 is 21.5 Å². The Bertz CT molecular complexity index is 1240. The minimum Gasteiger partial charge on any atom is -0.480 e. The van der Waals surface area contributed by atoms with E-state index in [0.29, 0.717) is 30.5 Å². The molecule has 0 heterocycles. The van der Waals surface area contributed by atoms with E-state index >= 15 is 0 Å². The lowest BCUT2D eigenvalue weighted by Gasteiger charge is -2.15. The predicted octanol–water partition coefficient (Wildman–Crippen LogP) is 3.70. The molecule has 184 valence electrons. The third-order valence-electron chi connectivity index (χ3n) is 5.44. The first kappa shape index (κ1) is 27.5. The number of ketones is 1. The number of unbranched alkanes of at least 4 members (excludes halogenated alkanes) is 1. The Kier molecular flexibility index (Phi) is 9.93. The summed E-state index contributed by atoms with van der Waals surface area (Å²) in [5, 5.41) is 16.2. The smallest absolute Gasteiger partial charge is 0.326 e. The van der Waals surface area contributed by atoms with Crippen molar-refractivity contribution in [2.45, 2.75) is 32.2 Å². The number of hydrogen-bond acceptors (Lipinski definition) is 5. The first-order chi connectivity index (χ1) is 16.3. The molecular weight excluding hydrogens is 470 g/mol. The molecule has 9 heteroatoms. The zero-order chi connectivity index (χ0) is 24.7. The number of halogens is 1. The minimum absolute atomic E-state index is 0. The maximum atomic E-state index is 12.9. The Morgan fingerprint density at radius 1 is 0.943 bits per heavy atom. The van der Waals surface area contributed by atoms with Crippen LogP contribution >= 0.6 is 12.4 Å². The van der Waals surface area contributed by atoms with Gasteiger partial charge in [0.2, 0.25) is 0 Å². The fourth-order valence-electron chi connectivity index (χ4n) is 3.58. The topological polar surface area (TPSA) is 139 Å². The van der Waals surface area contributed by atoms with Crippen molar-refractivity contribution >= 4 is 52.4 Å². The number of benzene rings is 3. The van der Waals surface area contributed by atoms with E-state index in [1.54, 1.807) is 31.2 Å². The molecule has 0 aliphatic heterocycles. The first-order valence-corrected chi connectivity index (χ1v) is 11.0. The molecular formula is C26H28ClN3O5. The van der Waals surface area contributed by atoms with Gasteiger partial charge in [0.05, 0.1) is 11.3 Å². The molecule has 1 atom stereocenters. The lowest BCUT2D eigenvalue weighted by atomic mass is 10.0. The molecule has 0 aromatic heterocycles. The molecule has 0 aliphatic carbocycles. The average Bonchev–Trinajstić information content (AvgIpc) is 2.83. The maximum absolute atomic E-state index is 12.9. The number of carbonyl (C=O) groups is 4. The molecule has 0 radical (unpaired) electrons. The highest BCUT2D eigenvalue weighted by Crippen LogP contribution is 2.21. The molecule has 0 spiro atoms. The summed E-state index contributed by atoms with van der Waals surface area (Å²) in [6.45, 7) is 2.15. The Morgan fingerprint density at radius 2 is 1.66 bits per heavy atom. The second kappa shape index (κ2) is 12.6. The van der Waals surface area contributed by atoms with E-state index in [1.165, 1.54) is 6.07 Å². The van der Waals surface area contributed by atoms with Crippen molar-refractivity contribution in [2.75, 3.05) is 11.9 Å². The molecule has 0 saturated heterocycles. The van der Waals surface area contributed by atoms with Gasteiger partial charge in [0.25, 0.3) is 17.6 Å². The monoisotopic (exact) mass is 497 g/mol. The Morgan fingerprint density at radius 3 is 2.34 bits per heavy atom. The van der Waals surface area contributed by atoms with Crippen molar-refractivity contribution in [3.8, 4) is 0 Å². The van der Waals surface area contributed by atoms with E-state index < -0.39 is 29.6 Å². The number of aliphatic carboxylic acids is 1. The zero-order valence-electron chi connectivity index (χ0n) is 19.2. The summed E-state index contributed by atoms with van der Waals surface area (Å²) in [5.74, 6) is -3.64. The lowest BCUT2D eigenvalue weighted by Crippen LogP contribution is -2.44. The number of carbonyl (C=O) groups excluding carboxylic acids is 3. The quantitative estimate of drug-likeness (QED) is 0.191. The SMILES string of the molecule is Cc1ccc(NC(=O)c2ccc3ccccc3c2)c(C(=O)C(=O)NC(CCCCN)C(=O)O)c1.Cl. The van der Waals surface area contributed by atoms with E-state index in [9.17, 15) is 24.3 Å². The van der Waals surface area contributed by atoms with Gasteiger partial charge in [0.15, 0.2) is 0 Å². The third kappa shape index (κ3) is 7.11. The normalized spacial score (nSPS) is 11.3. The second-order valence-electron chi connectivity index (χ2n) is 8.04. The van der Waals surface area contributed by atoms with Crippen LogP contribution in [0.5, 0.6) is 0 Å². The van der Waals surface area contributed by atoms with E-state index in [-0.39, 0.29) is 30.1 Å². The summed E-state index contributed by atoms with van der Waals surface area (Å²) < 4.78 is 0. The van der Waals surface area contributed by atoms with Crippen LogP contribution in [-0.4, -0.2) is 41.3 Å². The van der Waals surface area contributed by atoms with E-state index in [4.69, 9.17) is 5.73 Å². The van der Waals surface area contributed by atoms with Gasteiger partial charge in [-0.1, -0.05) is 42.0 Å². The van der Waals surface area contributed by atoms with Crippen LogP contribution in [0.2, 0.25) is 0 Å². The zero-order valence-corrected chi connectivity index (χ0v) is 20.1. The summed E-state index contributed by atoms with van der Waals surface area (Å²) in [6, 6.07) is 16.4. The minimum atomic E-state index is -1.23. The molecule has 0 fully saturated rings. The van der Waals surface area contributed by atoms with Crippen LogP contribution in [0, 0.1) is 6.92 Å². The number of carboxylic acids is 1. The summed E-state index contributed by atoms with van der Waals surface area (Å²) >= 11 is 0. The molecule has 5 N–H and O–H groups in total. The van der Waals surface area contributed by atoms with Gasteiger partial charge in [-0.25, -0.2) is 4.79 Å². The van der Waals surface area contributed by atoms with E-state index in [1.807, 2.05) is 30.3 Å². The average molecular weight is 498 g/mol. The standard InChI is InChI=1S/C26H27N3O5.ClH/c1-16-9-12-21(28-24(31)19-11-10-17-6-2-3-7-18(17)15-19)20(14-16)23(30)25(32)29-22(26(33)34)8-4-5-13-27;/h2-3,6-7,9-12,14-15,22H,4-5,8,13,27H2,1H3,(H,28,31)(H,29,32)(H,33,34);1H. The highest BCUT2D eigenvalue weighted by atomic mass is 35.5. The largest absolute Gasteiger partial charge is 0.480 e. The summed E-state index contributed by atoms with van der Waals surface area (Å²) in [4.78, 5) is 49.9. The number of nitrogens with two attached hydrogens (primary N) is 1. The van der Waals surface area contributed by atoms with Crippen LogP contribution < -0.4 is 16.4 Å². The predicted molar refractivity (Wildman–Crippen MR) is 137 cm³/mol. The number of aryl methyl sites for hydroxylation is 1. The van der Waals surface area contributed by atoms with Crippen LogP contribution in [0.15, 0.2) is 60.7 Å². The van der Waals surface area contributed by atoms with Crippen molar-refractivity contribution in [3.05, 3.63) is 77.4 Å². The fourth-order valence-corrected chi connectivity index (χ4v) is 3.58. The molecule has 2 amide bonds. The summed E-state index contributed by atoms with van der Waals surface area (Å²) in [6.07, 6.45) is 1.26. The van der Waals surface area contributed by atoms with Crippen molar-refractivity contribution in [3.63, 3.8) is 0 Å². The lowest BCUT2D eigenvalue weighted by molar-refractivity contribution is -0.141. The number of anilines is 1. The molecule has 0 aliphatic rings. The Balaban J connectivity index is 0.00000432. The molecule has 3 rings (SSSR count). The van der Waals surface area contributed by atoms with Crippen molar-refractivity contribution < 1.29 is 24.3 Å². The first-order valence-electron chi connectivity index (χ1n) is 11.0. The number of hydrogen-bond donors (Lipinski definition) is 4. The number of Topliss-reactive ketones (excluding diaryl/α,β-unsaturated/α-hetero) is 1. The number of carboxylic acid groups (broad SMARTS) is 1. The Hall–Kier alpha value is -3.75. The molecule has 35 heavy (non-hydrogen) atoms. The number of rotatable bonds is 10. The van der Waals surface area contributed by atoms with Gasteiger partial charge in [-0.05, 0) is 67.8 Å². The molecule has 3 aromatic rings. The van der Waals surface area contributed by atoms with Crippen LogP contribution in [0.25, 0.3) is 10.8 Å². The molecule has 0 bridgehead atoms. The van der Waals surface area contributed by atoms with Gasteiger partial charge in [-0.2, -0.15) is 0 Å². The maximum Gasteiger partial charge on any atom is 0.326 e. The molecule has 0 saturated carbocycles. The summed E-state index contributed by atoms with van der Waals surface area (Å²) in [7, 11) is 0. The highest BCUT2D eigenvalue weighted by molar-refractivity contribution is 6.44. The Labute approximate surface area is 209 Å². The van der Waals surface area contributed by atoms with Crippen LogP contribution in [0.3, 0.4) is 0 Å². The van der Waals surface area contributed by atoms with Crippen molar-refractivity contribution in [2.24, 2.45) is 5.73 Å². The van der Waals surface area contributed by atoms with Gasteiger partial charge in [-0.15, -0.1) is 12.4 Å². The number of fused-ring (bicyclic) bond motifs is 1. The highest BCUT2D eigenvalue weighted by Gasteiger charge is 2.26. The van der Waals surface area contributed by atoms with E-state index in [2.05, 4.69) is 10.6 Å². The van der Waals surface area contributed by atoms with Gasteiger partial charge in [-0.3, -0.25) is 14.4 Å².